The molecule has 182 valence electrons. The Morgan fingerprint density at radius 1 is 1.06 bits per heavy atom. The van der Waals surface area contributed by atoms with Crippen LogP contribution < -0.4 is 14.4 Å². The fraction of sp³-hybridized carbons (Fsp3) is 0.269. The molecular weight excluding hydrogens is 466 g/mol. The molecule has 4 rings (SSSR count). The molecule has 2 aromatic carbocycles. The van der Waals surface area contributed by atoms with Crippen molar-refractivity contribution >= 4 is 34.6 Å². The zero-order valence-corrected chi connectivity index (χ0v) is 20.9. The molecule has 1 atom stereocenters. The van der Waals surface area contributed by atoms with Crippen LogP contribution in [0.3, 0.4) is 0 Å². The van der Waals surface area contributed by atoms with Crippen molar-refractivity contribution in [3.05, 3.63) is 76.0 Å². The quantitative estimate of drug-likeness (QED) is 0.434. The number of methoxy groups -OCH3 is 2. The van der Waals surface area contributed by atoms with Crippen LogP contribution >= 0.6 is 11.3 Å². The van der Waals surface area contributed by atoms with Gasteiger partial charge in [-0.2, -0.15) is 5.10 Å². The van der Waals surface area contributed by atoms with Crippen molar-refractivity contribution in [1.82, 2.24) is 5.01 Å². The van der Waals surface area contributed by atoms with Crippen LogP contribution in [0.5, 0.6) is 11.5 Å². The van der Waals surface area contributed by atoms with Crippen LogP contribution in [0.2, 0.25) is 0 Å². The Morgan fingerprint density at radius 3 is 2.43 bits per heavy atom. The van der Waals surface area contributed by atoms with Crippen LogP contribution in [-0.2, 0) is 9.53 Å². The van der Waals surface area contributed by atoms with Gasteiger partial charge in [-0.15, -0.1) is 11.3 Å². The number of benzene rings is 2. The molecule has 1 aromatic heterocycles. The van der Waals surface area contributed by atoms with E-state index in [9.17, 15) is 9.59 Å². The van der Waals surface area contributed by atoms with Gasteiger partial charge in [0.1, 0.15) is 0 Å². The van der Waals surface area contributed by atoms with Gasteiger partial charge in [0.05, 0.1) is 36.4 Å². The summed E-state index contributed by atoms with van der Waals surface area (Å²) in [6.07, 6.45) is 0.529. The molecule has 3 aromatic rings. The van der Waals surface area contributed by atoms with E-state index in [2.05, 4.69) is 5.10 Å². The summed E-state index contributed by atoms with van der Waals surface area (Å²) < 4.78 is 16.1. The number of rotatable bonds is 8. The van der Waals surface area contributed by atoms with Gasteiger partial charge in [-0.1, -0.05) is 12.1 Å². The average molecular weight is 494 g/mol. The lowest BCUT2D eigenvalue weighted by atomic mass is 10.0. The second-order valence-electron chi connectivity index (χ2n) is 8.11. The van der Waals surface area contributed by atoms with E-state index in [1.54, 1.807) is 43.8 Å². The molecule has 2 heterocycles. The molecule has 0 saturated carbocycles. The van der Waals surface area contributed by atoms with Crippen molar-refractivity contribution in [3.63, 3.8) is 0 Å². The summed E-state index contributed by atoms with van der Waals surface area (Å²) in [5.74, 6) is 0.192. The Bertz CT molecular complexity index is 1220. The second-order valence-corrected chi connectivity index (χ2v) is 9.06. The van der Waals surface area contributed by atoms with Gasteiger partial charge < -0.3 is 19.1 Å². The first kappa shape index (κ1) is 24.3. The Labute approximate surface area is 208 Å². The minimum atomic E-state index is -0.562. The van der Waals surface area contributed by atoms with Gasteiger partial charge in [0.25, 0.3) is 5.91 Å². The molecule has 0 fully saturated rings. The van der Waals surface area contributed by atoms with E-state index in [1.165, 1.54) is 5.01 Å². The molecule has 1 aliphatic rings. The molecule has 9 heteroatoms. The molecule has 0 saturated heterocycles. The van der Waals surface area contributed by atoms with Gasteiger partial charge in [-0.3, -0.25) is 4.79 Å². The highest BCUT2D eigenvalue weighted by molar-refractivity contribution is 7.12. The largest absolute Gasteiger partial charge is 0.493 e. The molecule has 0 aliphatic carbocycles. The normalized spacial score (nSPS) is 14.9. The monoisotopic (exact) mass is 493 g/mol. The minimum Gasteiger partial charge on any atom is -0.493 e. The van der Waals surface area contributed by atoms with Gasteiger partial charge in [-0.25, -0.2) is 9.80 Å². The minimum absolute atomic E-state index is 0.363. The van der Waals surface area contributed by atoms with E-state index in [0.717, 1.165) is 21.8 Å². The first-order chi connectivity index (χ1) is 16.9. The molecule has 1 amide bonds. The van der Waals surface area contributed by atoms with Crippen LogP contribution in [0.25, 0.3) is 0 Å². The van der Waals surface area contributed by atoms with Gasteiger partial charge >= 0.3 is 5.97 Å². The maximum Gasteiger partial charge on any atom is 0.338 e. The first-order valence-corrected chi connectivity index (χ1v) is 11.9. The number of thiophene rings is 1. The molecule has 0 radical (unpaired) electrons. The molecular formula is C26H27N3O5S. The van der Waals surface area contributed by atoms with Crippen molar-refractivity contribution in [1.29, 1.82) is 0 Å². The van der Waals surface area contributed by atoms with E-state index in [1.807, 2.05) is 60.8 Å². The van der Waals surface area contributed by atoms with Crippen molar-refractivity contribution in [2.24, 2.45) is 5.10 Å². The molecule has 8 nitrogen and oxygen atoms in total. The number of nitrogens with zero attached hydrogens (tertiary/aromatic N) is 3. The van der Waals surface area contributed by atoms with Crippen LogP contribution in [0.15, 0.2) is 65.1 Å². The topological polar surface area (TPSA) is 80.7 Å². The number of hydrogen-bond donors (Lipinski definition) is 0. The third kappa shape index (κ3) is 5.30. The summed E-state index contributed by atoms with van der Waals surface area (Å²) >= 11 is 1.56. The lowest BCUT2D eigenvalue weighted by Crippen LogP contribution is -2.31. The van der Waals surface area contributed by atoms with Gasteiger partial charge in [0.2, 0.25) is 0 Å². The highest BCUT2D eigenvalue weighted by Crippen LogP contribution is 2.37. The van der Waals surface area contributed by atoms with Crippen molar-refractivity contribution in [2.45, 2.75) is 12.5 Å². The Kier molecular flexibility index (Phi) is 7.36. The lowest BCUT2D eigenvalue weighted by Gasteiger charge is -2.22. The summed E-state index contributed by atoms with van der Waals surface area (Å²) in [6, 6.07) is 16.1. The summed E-state index contributed by atoms with van der Waals surface area (Å²) in [5, 5.41) is 7.98. The predicted octanol–water partition coefficient (Wildman–Crippen LogP) is 4.37. The van der Waals surface area contributed by atoms with Gasteiger partial charge in [0, 0.05) is 26.2 Å². The standard InChI is InChI=1S/C26H27N3O5S/c1-28(2)19-10-7-17(8-11-19)26(31)34-16-25(30)29-21(15-20(27-29)24-6-5-13-35-24)18-9-12-22(32-3)23(14-18)33-4/h5-14,21H,15-16H2,1-4H3. The van der Waals surface area contributed by atoms with E-state index in [4.69, 9.17) is 14.2 Å². The maximum absolute atomic E-state index is 13.2. The molecule has 35 heavy (non-hydrogen) atoms. The number of esters is 1. The van der Waals surface area contributed by atoms with E-state index < -0.39 is 18.5 Å². The lowest BCUT2D eigenvalue weighted by molar-refractivity contribution is -0.136. The zero-order valence-electron chi connectivity index (χ0n) is 20.1. The van der Waals surface area contributed by atoms with Crippen LogP contribution in [0, 0.1) is 0 Å². The SMILES string of the molecule is COc1ccc(C2CC(c3cccs3)=NN2C(=O)COC(=O)c2ccc(N(C)C)cc2)cc1OC. The Hall–Kier alpha value is -3.85. The number of ether oxygens (including phenoxy) is 3. The molecule has 0 spiro atoms. The Morgan fingerprint density at radius 2 is 1.80 bits per heavy atom. The highest BCUT2D eigenvalue weighted by atomic mass is 32.1. The number of hydrazone groups is 1. The third-order valence-electron chi connectivity index (χ3n) is 5.71. The molecule has 1 unspecified atom stereocenters. The smallest absolute Gasteiger partial charge is 0.338 e. The van der Waals surface area contributed by atoms with Gasteiger partial charge in [0.15, 0.2) is 18.1 Å². The fourth-order valence-corrected chi connectivity index (χ4v) is 4.55. The van der Waals surface area contributed by atoms with Crippen molar-refractivity contribution < 1.29 is 23.8 Å². The van der Waals surface area contributed by atoms with E-state index in [-0.39, 0.29) is 6.04 Å². The molecule has 0 N–H and O–H groups in total. The number of carbonyl (C=O) groups is 2. The number of carbonyl (C=O) groups excluding carboxylic acids is 2. The fourth-order valence-electron chi connectivity index (χ4n) is 3.82. The summed E-state index contributed by atoms with van der Waals surface area (Å²) in [5.41, 5.74) is 2.99. The number of hydrogen-bond acceptors (Lipinski definition) is 8. The van der Waals surface area contributed by atoms with Crippen LogP contribution in [-0.4, -0.2) is 57.5 Å². The number of amides is 1. The highest BCUT2D eigenvalue weighted by Gasteiger charge is 2.34. The van der Waals surface area contributed by atoms with Crippen molar-refractivity contribution in [2.75, 3.05) is 39.8 Å². The first-order valence-electron chi connectivity index (χ1n) is 11.0. The van der Waals surface area contributed by atoms with E-state index in [0.29, 0.717) is 23.5 Å². The maximum atomic E-state index is 13.2. The van der Waals surface area contributed by atoms with Crippen LogP contribution in [0.1, 0.15) is 33.3 Å². The number of anilines is 1. The summed E-state index contributed by atoms with van der Waals surface area (Å²) in [7, 11) is 6.98. The van der Waals surface area contributed by atoms with Gasteiger partial charge in [-0.05, 0) is 53.4 Å². The zero-order chi connectivity index (χ0) is 24.9. The summed E-state index contributed by atoms with van der Waals surface area (Å²) in [6.45, 7) is -0.417. The predicted molar refractivity (Wildman–Crippen MR) is 136 cm³/mol. The Balaban J connectivity index is 1.53. The van der Waals surface area contributed by atoms with Crippen LogP contribution in [0.4, 0.5) is 5.69 Å². The summed E-state index contributed by atoms with van der Waals surface area (Å²) in [4.78, 5) is 28.6. The molecule has 1 aliphatic heterocycles. The van der Waals surface area contributed by atoms with E-state index >= 15 is 0 Å². The average Bonchev–Trinajstić information content (AvgIpc) is 3.57. The van der Waals surface area contributed by atoms with Crippen molar-refractivity contribution in [3.8, 4) is 11.5 Å². The second kappa shape index (κ2) is 10.6. The third-order valence-corrected chi connectivity index (χ3v) is 6.63. The molecule has 0 bridgehead atoms.